The first-order valence-electron chi connectivity index (χ1n) is 18.8. The van der Waals surface area contributed by atoms with Gasteiger partial charge in [0.2, 0.25) is 0 Å². The maximum Gasteiger partial charge on any atom is 0.460 e. The Bertz CT molecular complexity index is 2010. The van der Waals surface area contributed by atoms with Gasteiger partial charge >= 0.3 is 143 Å². The molecular formula is C31H15F51IP. The molecule has 0 aliphatic heterocycles. The van der Waals surface area contributed by atoms with Crippen LogP contribution < -0.4 is 24.0 Å². The molecule has 0 aliphatic carbocycles. The van der Waals surface area contributed by atoms with Crippen LogP contribution >= 0.6 is 7.26 Å². The fourth-order valence-corrected chi connectivity index (χ4v) is 8.76. The van der Waals surface area contributed by atoms with E-state index in [-0.39, 0.29) is 24.0 Å². The second-order valence-electron chi connectivity index (χ2n) is 17.0. The molecule has 0 nitrogen and oxygen atoms in total. The Morgan fingerprint density at radius 1 is 0.167 bits per heavy atom. The van der Waals surface area contributed by atoms with Crippen molar-refractivity contribution in [3.05, 3.63) is 0 Å². The third-order valence-electron chi connectivity index (χ3n) is 11.3. The van der Waals surface area contributed by atoms with Crippen molar-refractivity contribution in [3.8, 4) is 0 Å². The molecule has 0 saturated carbocycles. The molecule has 0 radical (unpaired) electrons. The van der Waals surface area contributed by atoms with Crippen LogP contribution in [0.5, 0.6) is 0 Å². The maximum absolute atomic E-state index is 14.8. The Morgan fingerprint density at radius 3 is 0.369 bits per heavy atom. The highest BCUT2D eigenvalue weighted by molar-refractivity contribution is 7.75. The molecule has 0 bridgehead atoms. The molecule has 0 N–H and O–H groups in total. The van der Waals surface area contributed by atoms with Crippen molar-refractivity contribution in [2.45, 2.75) is 162 Å². The van der Waals surface area contributed by atoms with Gasteiger partial charge in [-0.25, -0.2) is 0 Å². The number of halogens is 52. The van der Waals surface area contributed by atoms with E-state index >= 15 is 0 Å². The molecule has 0 saturated heterocycles. The molecule has 0 aromatic heterocycles. The fraction of sp³-hybridized carbons (Fsp3) is 1.00. The van der Waals surface area contributed by atoms with Gasteiger partial charge in [-0.15, -0.1) is 0 Å². The van der Waals surface area contributed by atoms with Gasteiger partial charge in [0.15, 0.2) is 0 Å². The van der Waals surface area contributed by atoms with Crippen molar-refractivity contribution in [3.63, 3.8) is 0 Å². The fourth-order valence-electron chi connectivity index (χ4n) is 5.63. The summed E-state index contributed by atoms with van der Waals surface area (Å²) in [4.78, 5) is 0. The molecule has 0 heterocycles. The van der Waals surface area contributed by atoms with Gasteiger partial charge in [-0.1, -0.05) is 0 Å². The van der Waals surface area contributed by atoms with E-state index in [1.807, 2.05) is 0 Å². The Hall–Kier alpha value is -2.41. The number of alkyl halides is 51. The first kappa shape index (κ1) is 83.7. The minimum atomic E-state index is -9.64. The topological polar surface area (TPSA) is 0 Å². The summed E-state index contributed by atoms with van der Waals surface area (Å²) in [6.45, 7) is -1.09. The monoisotopic (exact) mass is 1510 g/mol. The Morgan fingerprint density at radius 2 is 0.262 bits per heavy atom. The lowest BCUT2D eigenvalue weighted by Gasteiger charge is -2.43. The zero-order valence-corrected chi connectivity index (χ0v) is 40.4. The van der Waals surface area contributed by atoms with E-state index in [4.69, 9.17) is 0 Å². The molecule has 0 atom stereocenters. The van der Waals surface area contributed by atoms with E-state index in [0.717, 1.165) is 0 Å². The highest BCUT2D eigenvalue weighted by Crippen LogP contribution is 2.70. The lowest BCUT2D eigenvalue weighted by molar-refractivity contribution is -0.461. The standard InChI is InChI=1S/C31H15F51P.HI/c1-83(5-2-8(32,33)11(38,39)14(44,45)17(50,51)20(56,57)23(62,63)26(68,69)29(74,75)76,6-3-9(34,35)12(40,41)15(46,47)18(52,53)21(58,59)24(64,65)27(70,71)30(77,78)79)7-4-10(36,37)13(42,43)16(48,49)19(54,55)22(60,61)25(66,67)28(72,73)31(80,81)82;/h2-7H2,1H3;1H/q+1;/p-1. The summed E-state index contributed by atoms with van der Waals surface area (Å²) in [5, 5.41) is 0. The number of hydrogen-bond acceptors (Lipinski definition) is 0. The summed E-state index contributed by atoms with van der Waals surface area (Å²) in [5.74, 6) is -193. The van der Waals surface area contributed by atoms with Crippen LogP contribution in [0.2, 0.25) is 0 Å². The van der Waals surface area contributed by atoms with Crippen molar-refractivity contribution in [2.24, 2.45) is 0 Å². The smallest absolute Gasteiger partial charge is 0.460 e. The predicted molar refractivity (Wildman–Crippen MR) is 163 cm³/mol. The highest BCUT2D eigenvalue weighted by Gasteiger charge is 2.99. The maximum atomic E-state index is 14.8. The Kier molecular flexibility index (Phi) is 21.6. The molecule has 0 aromatic rings. The van der Waals surface area contributed by atoms with Crippen LogP contribution in [0.4, 0.5) is 224 Å². The van der Waals surface area contributed by atoms with Crippen LogP contribution in [0.25, 0.3) is 0 Å². The van der Waals surface area contributed by atoms with E-state index in [2.05, 4.69) is 0 Å². The summed E-state index contributed by atoms with van der Waals surface area (Å²) < 4.78 is 700. The molecule has 508 valence electrons. The van der Waals surface area contributed by atoms with E-state index in [1.54, 1.807) is 0 Å². The highest BCUT2D eigenvalue weighted by atomic mass is 127. The molecule has 0 fully saturated rings. The normalized spacial score (nSPS) is 17.0. The van der Waals surface area contributed by atoms with Gasteiger partial charge < -0.3 is 24.0 Å². The van der Waals surface area contributed by atoms with Crippen molar-refractivity contribution in [2.75, 3.05) is 25.2 Å². The SMILES string of the molecule is C[P+](CCC(F)(F)C(F)(F)C(F)(F)C(F)(F)C(F)(F)C(F)(F)C(F)(F)C(F)(F)F)(CCC(F)(F)C(F)(F)C(F)(F)C(F)(F)C(F)(F)C(F)(F)C(F)(F)C(F)(F)F)CCC(F)(F)C(F)(F)C(F)(F)C(F)(F)C(F)(F)C(F)(F)C(F)(F)C(F)(F)F.[I-]. The molecule has 0 spiro atoms. The minimum absolute atomic E-state index is 0. The molecule has 0 aliphatic rings. The van der Waals surface area contributed by atoms with Crippen LogP contribution in [0.3, 0.4) is 0 Å². The third-order valence-corrected chi connectivity index (χ3v) is 15.2. The van der Waals surface area contributed by atoms with Gasteiger partial charge in [0.05, 0.1) is 37.7 Å². The summed E-state index contributed by atoms with van der Waals surface area (Å²) in [6.07, 6.45) is -49.9. The minimum Gasteiger partial charge on any atom is -1.00 e. The first-order chi connectivity index (χ1) is 34.9. The zero-order chi connectivity index (χ0) is 68.7. The van der Waals surface area contributed by atoms with Gasteiger partial charge in [0.25, 0.3) is 0 Å². The lowest BCUT2D eigenvalue weighted by Crippen LogP contribution is -3.00. The van der Waals surface area contributed by atoms with E-state index in [1.165, 1.54) is 0 Å². The quantitative estimate of drug-likeness (QED) is 0.0437. The average molecular weight is 1510 g/mol. The molecule has 84 heavy (non-hydrogen) atoms. The van der Waals surface area contributed by atoms with Crippen LogP contribution in [0.15, 0.2) is 0 Å². The summed E-state index contributed by atoms with van der Waals surface area (Å²) >= 11 is 0. The Balaban J connectivity index is 0. The van der Waals surface area contributed by atoms with Crippen molar-refractivity contribution < 1.29 is 248 Å². The van der Waals surface area contributed by atoms with Gasteiger partial charge in [-0.2, -0.15) is 224 Å². The molecular weight excluding hydrogens is 1500 g/mol. The van der Waals surface area contributed by atoms with Crippen molar-refractivity contribution in [1.82, 2.24) is 0 Å². The van der Waals surface area contributed by atoms with Crippen LogP contribution in [0, 0.1) is 0 Å². The van der Waals surface area contributed by atoms with Crippen LogP contribution in [-0.4, -0.2) is 168 Å². The van der Waals surface area contributed by atoms with Gasteiger partial charge in [-0.05, 0) is 0 Å². The van der Waals surface area contributed by atoms with Gasteiger partial charge in [0, 0.05) is 13.9 Å². The molecule has 0 rings (SSSR count). The number of hydrogen-bond donors (Lipinski definition) is 0. The van der Waals surface area contributed by atoms with E-state index < -0.39 is 195 Å². The van der Waals surface area contributed by atoms with E-state index in [0.29, 0.717) is 0 Å². The molecule has 0 amide bonds. The largest absolute Gasteiger partial charge is 1.00 e. The lowest BCUT2D eigenvalue weighted by atomic mass is 9.88. The van der Waals surface area contributed by atoms with Gasteiger partial charge in [-0.3, -0.25) is 0 Å². The zero-order valence-electron chi connectivity index (χ0n) is 37.3. The van der Waals surface area contributed by atoms with Crippen LogP contribution in [-0.2, 0) is 0 Å². The molecule has 0 aromatic carbocycles. The van der Waals surface area contributed by atoms with E-state index in [9.17, 15) is 224 Å². The third kappa shape index (κ3) is 11.4. The van der Waals surface area contributed by atoms with Crippen LogP contribution in [0.1, 0.15) is 19.3 Å². The predicted octanol–water partition coefficient (Wildman–Crippen LogP) is 15.8. The van der Waals surface area contributed by atoms with Crippen molar-refractivity contribution in [1.29, 1.82) is 0 Å². The molecule has 0 unspecified atom stereocenters. The first-order valence-corrected chi connectivity index (χ1v) is 21.6. The average Bonchev–Trinajstić information content (AvgIpc) is 3.24. The summed E-state index contributed by atoms with van der Waals surface area (Å²) in [5.41, 5.74) is 0. The second-order valence-corrected chi connectivity index (χ2v) is 21.6. The van der Waals surface area contributed by atoms with Crippen molar-refractivity contribution >= 4 is 7.26 Å². The summed E-state index contributed by atoms with van der Waals surface area (Å²) in [7, 11) is -6.76. The molecule has 53 heteroatoms. The van der Waals surface area contributed by atoms with Gasteiger partial charge in [0.1, 0.15) is 0 Å². The second kappa shape index (κ2) is 21.6. The Labute approximate surface area is 442 Å². The number of rotatable bonds is 27. The summed E-state index contributed by atoms with van der Waals surface area (Å²) in [6, 6.07) is 0.